The summed E-state index contributed by atoms with van der Waals surface area (Å²) < 4.78 is 12.3. The van der Waals surface area contributed by atoms with Gasteiger partial charge >= 0.3 is 0 Å². The molecule has 1 N–H and O–H groups in total. The standard InChI is InChI=1S/C26H30N4O4/c1-5-14-29-24(31)22-15-21(18-10-12-20(33-3)13-11-18)28-30(22)17-26(29,2)25(32)27-16-19-8-6-7-9-23(19)34-4/h6-13,15H,5,14,16-17H2,1-4H3,(H,27,32). The van der Waals surface area contributed by atoms with Crippen molar-refractivity contribution >= 4 is 11.8 Å². The van der Waals surface area contributed by atoms with Crippen LogP contribution >= 0.6 is 0 Å². The number of rotatable bonds is 8. The van der Waals surface area contributed by atoms with Gasteiger partial charge in [-0.3, -0.25) is 14.3 Å². The van der Waals surface area contributed by atoms with Gasteiger partial charge in [0.15, 0.2) is 0 Å². The van der Waals surface area contributed by atoms with Crippen molar-refractivity contribution in [2.75, 3.05) is 20.8 Å². The minimum atomic E-state index is -1.08. The van der Waals surface area contributed by atoms with E-state index in [0.717, 1.165) is 23.3 Å². The number of fused-ring (bicyclic) bond motifs is 1. The van der Waals surface area contributed by atoms with E-state index in [0.29, 0.717) is 30.2 Å². The van der Waals surface area contributed by atoms with Crippen molar-refractivity contribution in [2.45, 2.75) is 38.9 Å². The summed E-state index contributed by atoms with van der Waals surface area (Å²) in [5.74, 6) is 1.02. The van der Waals surface area contributed by atoms with Crippen LogP contribution in [0, 0.1) is 0 Å². The van der Waals surface area contributed by atoms with Crippen LogP contribution < -0.4 is 14.8 Å². The average Bonchev–Trinajstić information content (AvgIpc) is 3.29. The second-order valence-electron chi connectivity index (χ2n) is 8.53. The summed E-state index contributed by atoms with van der Waals surface area (Å²) in [6.07, 6.45) is 0.737. The number of hydrogen-bond donors (Lipinski definition) is 1. The number of aromatic nitrogens is 2. The third-order valence-corrected chi connectivity index (χ3v) is 6.25. The first-order valence-corrected chi connectivity index (χ1v) is 11.4. The van der Waals surface area contributed by atoms with Gasteiger partial charge in [-0.15, -0.1) is 0 Å². The summed E-state index contributed by atoms with van der Waals surface area (Å²) in [6.45, 7) is 4.84. The molecule has 4 rings (SSSR count). The Bertz CT molecular complexity index is 1190. The van der Waals surface area contributed by atoms with E-state index >= 15 is 0 Å². The zero-order valence-corrected chi connectivity index (χ0v) is 20.0. The van der Waals surface area contributed by atoms with Gasteiger partial charge in [-0.1, -0.05) is 25.1 Å². The summed E-state index contributed by atoms with van der Waals surface area (Å²) in [6, 6.07) is 16.9. The number of nitrogens with zero attached hydrogens (tertiary/aromatic N) is 3. The molecule has 0 spiro atoms. The van der Waals surface area contributed by atoms with Gasteiger partial charge in [0.05, 0.1) is 26.5 Å². The van der Waals surface area contributed by atoms with Gasteiger partial charge < -0.3 is 19.7 Å². The van der Waals surface area contributed by atoms with Gasteiger partial charge in [-0.05, 0) is 49.7 Å². The maximum Gasteiger partial charge on any atom is 0.273 e. The van der Waals surface area contributed by atoms with E-state index in [9.17, 15) is 9.59 Å². The summed E-state index contributed by atoms with van der Waals surface area (Å²) in [7, 11) is 3.22. The summed E-state index contributed by atoms with van der Waals surface area (Å²) in [5.41, 5.74) is 1.83. The first-order valence-electron chi connectivity index (χ1n) is 11.4. The van der Waals surface area contributed by atoms with Crippen LogP contribution in [0.2, 0.25) is 0 Å². The highest BCUT2D eigenvalue weighted by molar-refractivity contribution is 6.00. The molecule has 0 fully saturated rings. The summed E-state index contributed by atoms with van der Waals surface area (Å²) >= 11 is 0. The van der Waals surface area contributed by atoms with Crippen LogP contribution in [0.3, 0.4) is 0 Å². The van der Waals surface area contributed by atoms with Crippen molar-refractivity contribution in [3.05, 3.63) is 65.9 Å². The Morgan fingerprint density at radius 2 is 1.85 bits per heavy atom. The van der Waals surface area contributed by atoms with E-state index < -0.39 is 5.54 Å². The van der Waals surface area contributed by atoms with Crippen LogP contribution in [-0.4, -0.2) is 52.8 Å². The van der Waals surface area contributed by atoms with E-state index in [2.05, 4.69) is 10.4 Å². The second-order valence-corrected chi connectivity index (χ2v) is 8.53. The number of ether oxygens (including phenoxy) is 2. The van der Waals surface area contributed by atoms with E-state index in [-0.39, 0.29) is 18.4 Å². The Morgan fingerprint density at radius 3 is 2.53 bits per heavy atom. The van der Waals surface area contributed by atoms with Gasteiger partial charge in [0.1, 0.15) is 22.7 Å². The lowest BCUT2D eigenvalue weighted by Crippen LogP contribution is -2.64. The molecule has 1 aliphatic rings. The van der Waals surface area contributed by atoms with Gasteiger partial charge in [0, 0.05) is 24.2 Å². The van der Waals surface area contributed by atoms with Gasteiger partial charge in [-0.2, -0.15) is 5.10 Å². The quantitative estimate of drug-likeness (QED) is 0.554. The van der Waals surface area contributed by atoms with Crippen molar-refractivity contribution < 1.29 is 19.1 Å². The SMILES string of the molecule is CCCN1C(=O)c2cc(-c3ccc(OC)cc3)nn2CC1(C)C(=O)NCc1ccccc1OC. The topological polar surface area (TPSA) is 85.7 Å². The van der Waals surface area contributed by atoms with Crippen LogP contribution in [0.1, 0.15) is 36.3 Å². The molecule has 34 heavy (non-hydrogen) atoms. The number of carbonyl (C=O) groups is 2. The van der Waals surface area contributed by atoms with E-state index in [1.54, 1.807) is 36.8 Å². The molecule has 1 unspecified atom stereocenters. The van der Waals surface area contributed by atoms with Gasteiger partial charge in [0.25, 0.3) is 5.91 Å². The molecule has 1 aliphatic heterocycles. The molecule has 8 nitrogen and oxygen atoms in total. The molecule has 0 saturated carbocycles. The molecule has 2 amide bonds. The molecule has 3 aromatic rings. The van der Waals surface area contributed by atoms with Gasteiger partial charge in [-0.25, -0.2) is 0 Å². The number of benzene rings is 2. The van der Waals surface area contributed by atoms with Crippen molar-refractivity contribution in [2.24, 2.45) is 0 Å². The molecule has 0 saturated heterocycles. The van der Waals surface area contributed by atoms with E-state index in [1.807, 2.05) is 55.5 Å². The fourth-order valence-corrected chi connectivity index (χ4v) is 4.33. The lowest BCUT2D eigenvalue weighted by Gasteiger charge is -2.43. The van der Waals surface area contributed by atoms with Crippen molar-refractivity contribution in [3.8, 4) is 22.8 Å². The zero-order chi connectivity index (χ0) is 24.3. The van der Waals surface area contributed by atoms with Crippen LogP contribution in [0.15, 0.2) is 54.6 Å². The van der Waals surface area contributed by atoms with Crippen molar-refractivity contribution in [1.82, 2.24) is 20.0 Å². The Balaban J connectivity index is 1.62. The summed E-state index contributed by atoms with van der Waals surface area (Å²) in [5, 5.41) is 7.68. The maximum atomic E-state index is 13.5. The number of para-hydroxylation sites is 1. The van der Waals surface area contributed by atoms with E-state index in [4.69, 9.17) is 9.47 Å². The van der Waals surface area contributed by atoms with Crippen molar-refractivity contribution in [3.63, 3.8) is 0 Å². The second kappa shape index (κ2) is 9.59. The zero-order valence-electron chi connectivity index (χ0n) is 20.0. The fourth-order valence-electron chi connectivity index (χ4n) is 4.33. The Hall–Kier alpha value is -3.81. The Labute approximate surface area is 199 Å². The third kappa shape index (κ3) is 4.23. The number of carbonyl (C=O) groups excluding carboxylic acids is 2. The van der Waals surface area contributed by atoms with Crippen LogP contribution in [0.25, 0.3) is 11.3 Å². The minimum Gasteiger partial charge on any atom is -0.497 e. The number of amides is 2. The molecule has 0 radical (unpaired) electrons. The van der Waals surface area contributed by atoms with Crippen LogP contribution in [0.4, 0.5) is 0 Å². The normalized spacial score (nSPS) is 17.3. The molecule has 0 aliphatic carbocycles. The highest BCUT2D eigenvalue weighted by atomic mass is 16.5. The van der Waals surface area contributed by atoms with Crippen LogP contribution in [0.5, 0.6) is 11.5 Å². The Kier molecular flexibility index (Phi) is 6.58. The third-order valence-electron chi connectivity index (χ3n) is 6.25. The highest BCUT2D eigenvalue weighted by Crippen LogP contribution is 2.31. The molecule has 0 bridgehead atoms. The predicted octanol–water partition coefficient (Wildman–Crippen LogP) is 3.51. The first kappa shape index (κ1) is 23.4. The summed E-state index contributed by atoms with van der Waals surface area (Å²) in [4.78, 5) is 28.6. The smallest absolute Gasteiger partial charge is 0.273 e. The monoisotopic (exact) mass is 462 g/mol. The largest absolute Gasteiger partial charge is 0.497 e. The molecular formula is C26H30N4O4. The lowest BCUT2D eigenvalue weighted by molar-refractivity contribution is -0.133. The van der Waals surface area contributed by atoms with Gasteiger partial charge in [0.2, 0.25) is 5.91 Å². The molecule has 2 heterocycles. The molecular weight excluding hydrogens is 432 g/mol. The first-order chi connectivity index (χ1) is 16.4. The minimum absolute atomic E-state index is 0.199. The molecule has 1 atom stereocenters. The number of hydrogen-bond acceptors (Lipinski definition) is 5. The highest BCUT2D eigenvalue weighted by Gasteiger charge is 2.47. The molecule has 8 heteroatoms. The van der Waals surface area contributed by atoms with Crippen molar-refractivity contribution in [1.29, 1.82) is 0 Å². The van der Waals surface area contributed by atoms with E-state index in [1.165, 1.54) is 0 Å². The number of methoxy groups -OCH3 is 2. The molecule has 1 aromatic heterocycles. The predicted molar refractivity (Wildman–Crippen MR) is 129 cm³/mol. The van der Waals surface area contributed by atoms with Crippen LogP contribution in [-0.2, 0) is 17.9 Å². The number of nitrogens with one attached hydrogen (secondary N) is 1. The molecule has 2 aromatic carbocycles. The Morgan fingerprint density at radius 1 is 1.12 bits per heavy atom. The lowest BCUT2D eigenvalue weighted by atomic mass is 9.94. The molecule has 178 valence electrons. The fraction of sp³-hybridized carbons (Fsp3) is 0.346. The average molecular weight is 463 g/mol. The maximum absolute atomic E-state index is 13.5.